The predicted octanol–water partition coefficient (Wildman–Crippen LogP) is 3.90. The van der Waals surface area contributed by atoms with Gasteiger partial charge in [0.15, 0.2) is 6.61 Å². The fourth-order valence-corrected chi connectivity index (χ4v) is 2.17. The zero-order valence-corrected chi connectivity index (χ0v) is 15.1. The summed E-state index contributed by atoms with van der Waals surface area (Å²) in [6, 6.07) is 15.1. The quantitative estimate of drug-likeness (QED) is 0.423. The highest BCUT2D eigenvalue weighted by atomic mass is 16.5. The first-order valence-electron chi connectivity index (χ1n) is 8.47. The third-order valence-electron chi connectivity index (χ3n) is 3.59. The van der Waals surface area contributed by atoms with Crippen LogP contribution in [-0.4, -0.2) is 25.3 Å². The lowest BCUT2D eigenvalue weighted by Crippen LogP contribution is -2.24. The summed E-state index contributed by atoms with van der Waals surface area (Å²) >= 11 is 0. The molecule has 0 aromatic heterocycles. The molecule has 0 saturated carbocycles. The number of para-hydroxylation sites is 1. The van der Waals surface area contributed by atoms with Crippen molar-refractivity contribution in [2.75, 3.05) is 13.2 Å². The Labute approximate surface area is 154 Å². The van der Waals surface area contributed by atoms with Crippen LogP contribution in [0.4, 0.5) is 0 Å². The van der Waals surface area contributed by atoms with Gasteiger partial charge in [-0.1, -0.05) is 50.8 Å². The highest BCUT2D eigenvalue weighted by Gasteiger charge is 2.04. The second kappa shape index (κ2) is 10.0. The molecule has 0 spiro atoms. The first-order chi connectivity index (χ1) is 12.6. The van der Waals surface area contributed by atoms with Crippen LogP contribution in [0.2, 0.25) is 0 Å². The van der Waals surface area contributed by atoms with Gasteiger partial charge in [-0.15, -0.1) is 0 Å². The van der Waals surface area contributed by atoms with Gasteiger partial charge < -0.3 is 9.47 Å². The average Bonchev–Trinajstić information content (AvgIpc) is 2.66. The van der Waals surface area contributed by atoms with E-state index >= 15 is 0 Å². The third kappa shape index (κ3) is 6.09. The van der Waals surface area contributed by atoms with Crippen molar-refractivity contribution in [2.45, 2.75) is 19.8 Å². The Kier molecular flexibility index (Phi) is 7.43. The van der Waals surface area contributed by atoms with Crippen molar-refractivity contribution in [2.24, 2.45) is 5.10 Å². The molecule has 5 heteroatoms. The summed E-state index contributed by atoms with van der Waals surface area (Å²) in [7, 11) is 0. The van der Waals surface area contributed by atoms with Gasteiger partial charge in [0.25, 0.3) is 5.91 Å². The summed E-state index contributed by atoms with van der Waals surface area (Å²) in [4.78, 5) is 11.8. The summed E-state index contributed by atoms with van der Waals surface area (Å²) < 4.78 is 11.0. The predicted molar refractivity (Wildman–Crippen MR) is 104 cm³/mol. The lowest BCUT2D eigenvalue weighted by atomic mass is 10.0. The number of benzene rings is 2. The number of amides is 1. The van der Waals surface area contributed by atoms with E-state index in [9.17, 15) is 4.79 Å². The Morgan fingerprint density at radius 2 is 1.88 bits per heavy atom. The normalized spacial score (nSPS) is 10.7. The van der Waals surface area contributed by atoms with E-state index < -0.39 is 0 Å². The van der Waals surface area contributed by atoms with Crippen LogP contribution in [0.25, 0.3) is 0 Å². The van der Waals surface area contributed by atoms with E-state index in [4.69, 9.17) is 9.47 Å². The van der Waals surface area contributed by atoms with Crippen molar-refractivity contribution in [3.8, 4) is 11.5 Å². The molecule has 0 unspecified atom stereocenters. The molecule has 0 atom stereocenters. The number of carbonyl (C=O) groups is 1. The van der Waals surface area contributed by atoms with Crippen LogP contribution in [0, 0.1) is 0 Å². The lowest BCUT2D eigenvalue weighted by Gasteiger charge is -2.08. The molecule has 2 aromatic carbocycles. The van der Waals surface area contributed by atoms with Gasteiger partial charge in [-0.05, 0) is 35.7 Å². The Bertz CT molecular complexity index is 752. The van der Waals surface area contributed by atoms with Crippen molar-refractivity contribution in [1.82, 2.24) is 5.43 Å². The van der Waals surface area contributed by atoms with E-state index in [1.165, 1.54) is 11.8 Å². The first kappa shape index (κ1) is 19.2. The van der Waals surface area contributed by atoms with E-state index in [0.29, 0.717) is 24.0 Å². The molecule has 2 rings (SSSR count). The summed E-state index contributed by atoms with van der Waals surface area (Å²) in [5.74, 6) is 1.45. The van der Waals surface area contributed by atoms with Crippen LogP contribution in [-0.2, 0) is 4.79 Å². The van der Waals surface area contributed by atoms with E-state index in [2.05, 4.69) is 31.0 Å². The summed E-state index contributed by atoms with van der Waals surface area (Å²) in [6.45, 7) is 8.17. The zero-order valence-electron chi connectivity index (χ0n) is 15.1. The minimum Gasteiger partial charge on any atom is -0.489 e. The second-order valence-corrected chi connectivity index (χ2v) is 5.94. The van der Waals surface area contributed by atoms with E-state index in [-0.39, 0.29) is 12.5 Å². The minimum atomic E-state index is -0.335. The van der Waals surface area contributed by atoms with Gasteiger partial charge in [-0.3, -0.25) is 4.79 Å². The molecule has 0 radical (unpaired) electrons. The standard InChI is InChI=1S/C21H24N2O3/c1-4-13-25-20-8-6-5-7-18(20)14-22-23-21(24)15-26-19-11-9-17(10-12-19)16(2)3/h4-12,14,16H,1,13,15H2,2-3H3,(H,23,24)/b22-14+. The van der Waals surface area contributed by atoms with Crippen molar-refractivity contribution < 1.29 is 14.3 Å². The monoisotopic (exact) mass is 352 g/mol. The summed E-state index contributed by atoms with van der Waals surface area (Å²) in [6.07, 6.45) is 3.20. The number of nitrogens with one attached hydrogen (secondary N) is 1. The van der Waals surface area contributed by atoms with Crippen LogP contribution < -0.4 is 14.9 Å². The van der Waals surface area contributed by atoms with Gasteiger partial charge in [-0.2, -0.15) is 5.10 Å². The van der Waals surface area contributed by atoms with Gasteiger partial charge >= 0.3 is 0 Å². The van der Waals surface area contributed by atoms with Crippen molar-refractivity contribution in [1.29, 1.82) is 0 Å². The Hall–Kier alpha value is -3.08. The largest absolute Gasteiger partial charge is 0.489 e. The molecule has 26 heavy (non-hydrogen) atoms. The molecular formula is C21H24N2O3. The molecule has 136 valence electrons. The molecule has 0 saturated heterocycles. The maximum absolute atomic E-state index is 11.8. The third-order valence-corrected chi connectivity index (χ3v) is 3.59. The number of carbonyl (C=O) groups excluding carboxylic acids is 1. The zero-order chi connectivity index (χ0) is 18.8. The number of hydrazone groups is 1. The fourth-order valence-electron chi connectivity index (χ4n) is 2.17. The van der Waals surface area contributed by atoms with Gasteiger partial charge in [0.1, 0.15) is 18.1 Å². The smallest absolute Gasteiger partial charge is 0.277 e. The average molecular weight is 352 g/mol. The SMILES string of the molecule is C=CCOc1ccccc1/C=N/NC(=O)COc1ccc(C(C)C)cc1. The van der Waals surface area contributed by atoms with Crippen molar-refractivity contribution in [3.05, 3.63) is 72.3 Å². The summed E-state index contributed by atoms with van der Waals surface area (Å²) in [5, 5.41) is 3.95. The lowest BCUT2D eigenvalue weighted by molar-refractivity contribution is -0.123. The van der Waals surface area contributed by atoms with E-state index in [1.54, 1.807) is 6.08 Å². The number of ether oxygens (including phenoxy) is 2. The van der Waals surface area contributed by atoms with Crippen LogP contribution in [0.3, 0.4) is 0 Å². The number of hydrogen-bond acceptors (Lipinski definition) is 4. The summed E-state index contributed by atoms with van der Waals surface area (Å²) in [5.41, 5.74) is 4.43. The Morgan fingerprint density at radius 1 is 1.15 bits per heavy atom. The molecule has 5 nitrogen and oxygen atoms in total. The number of rotatable bonds is 9. The first-order valence-corrected chi connectivity index (χ1v) is 8.47. The maximum Gasteiger partial charge on any atom is 0.277 e. The highest BCUT2D eigenvalue weighted by molar-refractivity contribution is 5.85. The van der Waals surface area contributed by atoms with Crippen LogP contribution >= 0.6 is 0 Å². The molecule has 0 aliphatic carbocycles. The molecule has 0 aliphatic rings. The molecule has 1 N–H and O–H groups in total. The molecule has 2 aromatic rings. The molecule has 0 heterocycles. The van der Waals surface area contributed by atoms with Crippen LogP contribution in [0.5, 0.6) is 11.5 Å². The number of nitrogens with zero attached hydrogens (tertiary/aromatic N) is 1. The van der Waals surface area contributed by atoms with E-state index in [0.717, 1.165) is 5.56 Å². The molecule has 0 bridgehead atoms. The van der Waals surface area contributed by atoms with E-state index in [1.807, 2.05) is 48.5 Å². The topological polar surface area (TPSA) is 59.9 Å². The van der Waals surface area contributed by atoms with Gasteiger partial charge in [0.2, 0.25) is 0 Å². The second-order valence-electron chi connectivity index (χ2n) is 5.94. The minimum absolute atomic E-state index is 0.104. The van der Waals surface area contributed by atoms with Crippen LogP contribution in [0.15, 0.2) is 66.3 Å². The van der Waals surface area contributed by atoms with Crippen LogP contribution in [0.1, 0.15) is 30.9 Å². The molecule has 0 fully saturated rings. The van der Waals surface area contributed by atoms with Crippen molar-refractivity contribution >= 4 is 12.1 Å². The highest BCUT2D eigenvalue weighted by Crippen LogP contribution is 2.18. The fraction of sp³-hybridized carbons (Fsp3) is 0.238. The Morgan fingerprint density at radius 3 is 2.58 bits per heavy atom. The number of hydrogen-bond donors (Lipinski definition) is 1. The molecular weight excluding hydrogens is 328 g/mol. The Balaban J connectivity index is 1.83. The van der Waals surface area contributed by atoms with Crippen molar-refractivity contribution in [3.63, 3.8) is 0 Å². The van der Waals surface area contributed by atoms with Gasteiger partial charge in [0, 0.05) is 5.56 Å². The van der Waals surface area contributed by atoms with Gasteiger partial charge in [0.05, 0.1) is 6.21 Å². The van der Waals surface area contributed by atoms with Gasteiger partial charge in [-0.25, -0.2) is 5.43 Å². The maximum atomic E-state index is 11.8. The molecule has 1 amide bonds. The molecule has 0 aliphatic heterocycles.